The van der Waals surface area contributed by atoms with Crippen LogP contribution >= 0.6 is 23.5 Å². The van der Waals surface area contributed by atoms with Crippen molar-refractivity contribution in [3.63, 3.8) is 0 Å². The van der Waals surface area contributed by atoms with E-state index in [1.165, 1.54) is 22.7 Å². The maximum absolute atomic E-state index is 12.8. The summed E-state index contributed by atoms with van der Waals surface area (Å²) in [5.74, 6) is -0.896. The van der Waals surface area contributed by atoms with Gasteiger partial charge in [-0.15, -0.1) is 11.8 Å². The van der Waals surface area contributed by atoms with E-state index in [9.17, 15) is 24.6 Å². The number of phenols is 1. The van der Waals surface area contributed by atoms with Crippen molar-refractivity contribution in [1.82, 2.24) is 4.90 Å². The molecule has 0 bridgehead atoms. The number of hydrogen-bond acceptors (Lipinski definition) is 6. The summed E-state index contributed by atoms with van der Waals surface area (Å²) in [4.78, 5) is 37.9. The minimum atomic E-state index is -1.08. The van der Waals surface area contributed by atoms with E-state index in [4.69, 9.17) is 0 Å². The zero-order valence-electron chi connectivity index (χ0n) is 14.9. The van der Waals surface area contributed by atoms with Crippen molar-refractivity contribution in [3.05, 3.63) is 65.7 Å². The van der Waals surface area contributed by atoms with Crippen molar-refractivity contribution >= 4 is 40.5 Å². The van der Waals surface area contributed by atoms with Gasteiger partial charge in [0.2, 0.25) is 11.0 Å². The van der Waals surface area contributed by atoms with E-state index >= 15 is 0 Å². The summed E-state index contributed by atoms with van der Waals surface area (Å²) >= 11 is 2.35. The number of carboxylic acid groups (broad SMARTS) is 1. The Balaban J connectivity index is 1.68. The molecule has 0 aromatic heterocycles. The summed E-state index contributed by atoms with van der Waals surface area (Å²) in [6.07, 6.45) is 0.0394. The van der Waals surface area contributed by atoms with Gasteiger partial charge < -0.3 is 15.1 Å². The van der Waals surface area contributed by atoms with E-state index < -0.39 is 17.4 Å². The second-order valence-electron chi connectivity index (χ2n) is 6.15. The molecule has 0 aliphatic carbocycles. The van der Waals surface area contributed by atoms with Gasteiger partial charge in [0.15, 0.2) is 0 Å². The number of amides is 1. The highest BCUT2D eigenvalue weighted by atomic mass is 32.2. The number of carbonyl (C=O) groups excluding carboxylic acids is 2. The molecule has 2 N–H and O–H groups in total. The number of para-hydroxylation sites is 1. The first-order valence-corrected chi connectivity index (χ1v) is 10.7. The Hall–Kier alpha value is -2.45. The summed E-state index contributed by atoms with van der Waals surface area (Å²) < 4.78 is 0. The fourth-order valence-corrected chi connectivity index (χ4v) is 5.19. The van der Waals surface area contributed by atoms with Crippen molar-refractivity contribution in [2.24, 2.45) is 0 Å². The lowest BCUT2D eigenvalue weighted by Gasteiger charge is -2.28. The summed E-state index contributed by atoms with van der Waals surface area (Å²) in [6.45, 7) is 0. The molecule has 1 aliphatic rings. The molecule has 1 amide bonds. The molecule has 28 heavy (non-hydrogen) atoms. The first kappa shape index (κ1) is 20.3. The van der Waals surface area contributed by atoms with Crippen LogP contribution in [-0.2, 0) is 9.59 Å². The number of rotatable bonds is 6. The predicted molar refractivity (Wildman–Crippen MR) is 109 cm³/mol. The molecule has 0 unspecified atom stereocenters. The minimum absolute atomic E-state index is 0.0254. The minimum Gasteiger partial charge on any atom is -0.508 e. The SMILES string of the molecule is O=C(SCCC(=O)N1[C@@H](c2ccccc2O)SC[C@H]1C(=O)O)c1ccccc1. The van der Waals surface area contributed by atoms with Gasteiger partial charge in [0, 0.05) is 29.1 Å². The van der Waals surface area contributed by atoms with Gasteiger partial charge in [-0.2, -0.15) is 0 Å². The number of benzene rings is 2. The maximum Gasteiger partial charge on any atom is 0.327 e. The van der Waals surface area contributed by atoms with Crippen LogP contribution in [0, 0.1) is 0 Å². The average Bonchev–Trinajstić information content (AvgIpc) is 3.14. The Kier molecular flexibility index (Phi) is 6.64. The lowest BCUT2D eigenvalue weighted by atomic mass is 10.1. The largest absolute Gasteiger partial charge is 0.508 e. The third-order valence-corrected chi connectivity index (χ3v) is 6.55. The molecule has 1 saturated heterocycles. The number of phenolic OH excluding ortho intramolecular Hbond substituents is 1. The second-order valence-corrected chi connectivity index (χ2v) is 8.33. The standard InChI is InChI=1S/C20H19NO5S2/c22-16-9-5-4-8-14(16)18-21(15(12-28-18)19(24)25)17(23)10-11-27-20(26)13-6-2-1-3-7-13/h1-9,15,18,22H,10-12H2,(H,24,25)/t15-,18+/m0/s1. The van der Waals surface area contributed by atoms with E-state index in [0.29, 0.717) is 11.1 Å². The van der Waals surface area contributed by atoms with Crippen LogP contribution in [0.5, 0.6) is 5.75 Å². The number of nitrogens with zero attached hydrogens (tertiary/aromatic N) is 1. The molecule has 2 aromatic carbocycles. The average molecular weight is 418 g/mol. The van der Waals surface area contributed by atoms with Crippen molar-refractivity contribution in [3.8, 4) is 5.75 Å². The predicted octanol–water partition coefficient (Wildman–Crippen LogP) is 3.38. The zero-order chi connectivity index (χ0) is 20.1. The molecule has 2 atom stereocenters. The number of hydrogen-bond donors (Lipinski definition) is 2. The van der Waals surface area contributed by atoms with Crippen molar-refractivity contribution in [2.45, 2.75) is 17.8 Å². The summed E-state index contributed by atoms with van der Waals surface area (Å²) in [6, 6.07) is 14.4. The highest BCUT2D eigenvalue weighted by Gasteiger charge is 2.42. The number of carbonyl (C=O) groups is 3. The highest BCUT2D eigenvalue weighted by molar-refractivity contribution is 8.14. The third-order valence-electron chi connectivity index (χ3n) is 4.33. The van der Waals surface area contributed by atoms with Gasteiger partial charge in [0.05, 0.1) is 0 Å². The van der Waals surface area contributed by atoms with Crippen molar-refractivity contribution in [1.29, 1.82) is 0 Å². The molecular weight excluding hydrogens is 398 g/mol. The topological polar surface area (TPSA) is 94.9 Å². The summed E-state index contributed by atoms with van der Waals surface area (Å²) in [5, 5.41) is 18.9. The molecule has 6 nitrogen and oxygen atoms in total. The maximum atomic E-state index is 12.8. The highest BCUT2D eigenvalue weighted by Crippen LogP contribution is 2.44. The van der Waals surface area contributed by atoms with Gasteiger partial charge >= 0.3 is 5.97 Å². The van der Waals surface area contributed by atoms with Crippen LogP contribution in [0.1, 0.15) is 27.7 Å². The number of aromatic hydroxyl groups is 1. The van der Waals surface area contributed by atoms with E-state index in [1.807, 2.05) is 6.07 Å². The summed E-state index contributed by atoms with van der Waals surface area (Å²) in [7, 11) is 0. The quantitative estimate of drug-likeness (QED) is 0.744. The number of thioether (sulfide) groups is 2. The fraction of sp³-hybridized carbons (Fsp3) is 0.250. The Morgan fingerprint density at radius 2 is 1.75 bits per heavy atom. The van der Waals surface area contributed by atoms with Crippen LogP contribution in [0.15, 0.2) is 54.6 Å². The number of carboxylic acids is 1. The Morgan fingerprint density at radius 3 is 2.43 bits per heavy atom. The molecule has 1 fully saturated rings. The zero-order valence-corrected chi connectivity index (χ0v) is 16.5. The number of aliphatic carboxylic acids is 1. The first-order chi connectivity index (χ1) is 13.5. The van der Waals surface area contributed by atoms with Crippen LogP contribution in [0.4, 0.5) is 0 Å². The Bertz CT molecular complexity index is 874. The monoisotopic (exact) mass is 417 g/mol. The third kappa shape index (κ3) is 4.51. The van der Waals surface area contributed by atoms with Gasteiger partial charge in [-0.05, 0) is 6.07 Å². The first-order valence-electron chi connectivity index (χ1n) is 8.64. The molecule has 0 radical (unpaired) electrons. The van der Waals surface area contributed by atoms with Crippen molar-refractivity contribution < 1.29 is 24.6 Å². The van der Waals surface area contributed by atoms with Gasteiger partial charge in [-0.25, -0.2) is 4.79 Å². The second kappa shape index (κ2) is 9.16. The van der Waals surface area contributed by atoms with E-state index in [2.05, 4.69) is 0 Å². The van der Waals surface area contributed by atoms with Gasteiger partial charge in [-0.3, -0.25) is 9.59 Å². The Morgan fingerprint density at radius 1 is 1.07 bits per heavy atom. The molecule has 146 valence electrons. The molecule has 3 rings (SSSR count). The van der Waals surface area contributed by atoms with Gasteiger partial charge in [0.1, 0.15) is 17.2 Å². The van der Waals surface area contributed by atoms with Crippen LogP contribution in [0.2, 0.25) is 0 Å². The molecule has 1 heterocycles. The normalized spacial score (nSPS) is 18.8. The molecule has 0 spiro atoms. The van der Waals surface area contributed by atoms with Crippen LogP contribution in [0.25, 0.3) is 0 Å². The molecule has 8 heteroatoms. The molecular formula is C20H19NO5S2. The van der Waals surface area contributed by atoms with E-state index in [1.54, 1.807) is 42.5 Å². The van der Waals surface area contributed by atoms with E-state index in [-0.39, 0.29) is 34.7 Å². The van der Waals surface area contributed by atoms with Crippen LogP contribution in [-0.4, -0.2) is 49.7 Å². The molecule has 1 aliphatic heterocycles. The van der Waals surface area contributed by atoms with Crippen molar-refractivity contribution in [2.75, 3.05) is 11.5 Å². The molecule has 0 saturated carbocycles. The van der Waals surface area contributed by atoms with Crippen LogP contribution < -0.4 is 0 Å². The lowest BCUT2D eigenvalue weighted by Crippen LogP contribution is -2.43. The van der Waals surface area contributed by atoms with Gasteiger partial charge in [0.25, 0.3) is 0 Å². The molecule has 2 aromatic rings. The fourth-order valence-electron chi connectivity index (χ4n) is 2.95. The smallest absolute Gasteiger partial charge is 0.327 e. The van der Waals surface area contributed by atoms with Crippen LogP contribution in [0.3, 0.4) is 0 Å². The van der Waals surface area contributed by atoms with E-state index in [0.717, 1.165) is 11.8 Å². The lowest BCUT2D eigenvalue weighted by molar-refractivity contribution is -0.149. The summed E-state index contributed by atoms with van der Waals surface area (Å²) in [5.41, 5.74) is 1.07. The van der Waals surface area contributed by atoms with Gasteiger partial charge in [-0.1, -0.05) is 60.3 Å². The Labute approximate surface area is 170 Å².